The number of halogens is 1. The van der Waals surface area contributed by atoms with Crippen molar-refractivity contribution in [1.82, 2.24) is 20.5 Å². The second kappa shape index (κ2) is 10.0. The van der Waals surface area contributed by atoms with Crippen LogP contribution in [0.5, 0.6) is 0 Å². The molecule has 2 aliphatic rings. The third-order valence-corrected chi connectivity index (χ3v) is 6.08. The minimum atomic E-state index is 0.255. The lowest BCUT2D eigenvalue weighted by molar-refractivity contribution is -0.128. The first-order valence-electron chi connectivity index (χ1n) is 10.8. The summed E-state index contributed by atoms with van der Waals surface area (Å²) >= 11 is 6.29. The molecule has 1 unspecified atom stereocenters. The van der Waals surface area contributed by atoms with Gasteiger partial charge >= 0.3 is 0 Å². The summed E-state index contributed by atoms with van der Waals surface area (Å²) in [7, 11) is 1.78. The molecule has 1 amide bonds. The Morgan fingerprint density at radius 3 is 2.90 bits per heavy atom. The zero-order valence-electron chi connectivity index (χ0n) is 17.9. The summed E-state index contributed by atoms with van der Waals surface area (Å²) in [6, 6.07) is 12.4. The summed E-state index contributed by atoms with van der Waals surface area (Å²) in [5.41, 5.74) is 2.33. The van der Waals surface area contributed by atoms with Gasteiger partial charge in [0, 0.05) is 58.4 Å². The SMILES string of the molecule is CN=C(NCc1cccc(CN2CCCC2=O)c1)NC1CCN(c2ncccc2Cl)C1. The summed E-state index contributed by atoms with van der Waals surface area (Å²) < 4.78 is 0. The Bertz CT molecular complexity index is 949. The number of hydrogen-bond acceptors (Lipinski definition) is 4. The van der Waals surface area contributed by atoms with Crippen molar-refractivity contribution in [2.45, 2.75) is 38.4 Å². The van der Waals surface area contributed by atoms with Gasteiger partial charge in [-0.3, -0.25) is 9.79 Å². The molecule has 1 atom stereocenters. The first-order valence-corrected chi connectivity index (χ1v) is 11.2. The molecule has 31 heavy (non-hydrogen) atoms. The highest BCUT2D eigenvalue weighted by molar-refractivity contribution is 6.32. The Labute approximate surface area is 188 Å². The molecule has 7 nitrogen and oxygen atoms in total. The molecule has 4 rings (SSSR count). The lowest BCUT2D eigenvalue weighted by atomic mass is 10.1. The smallest absolute Gasteiger partial charge is 0.222 e. The van der Waals surface area contributed by atoms with Crippen LogP contribution in [0, 0.1) is 0 Å². The Morgan fingerprint density at radius 2 is 2.13 bits per heavy atom. The van der Waals surface area contributed by atoms with E-state index in [1.165, 1.54) is 5.56 Å². The van der Waals surface area contributed by atoms with Crippen LogP contribution in [0.2, 0.25) is 5.02 Å². The molecule has 3 heterocycles. The third kappa shape index (κ3) is 5.47. The molecule has 0 saturated carbocycles. The largest absolute Gasteiger partial charge is 0.353 e. The normalized spacial score (nSPS) is 19.2. The molecule has 0 bridgehead atoms. The lowest BCUT2D eigenvalue weighted by Gasteiger charge is -2.20. The van der Waals surface area contributed by atoms with Gasteiger partial charge in [0.1, 0.15) is 5.82 Å². The van der Waals surface area contributed by atoms with Crippen LogP contribution < -0.4 is 15.5 Å². The number of carbonyl (C=O) groups excluding carboxylic acids is 1. The minimum Gasteiger partial charge on any atom is -0.353 e. The van der Waals surface area contributed by atoms with Crippen LogP contribution in [0.25, 0.3) is 0 Å². The van der Waals surface area contributed by atoms with E-state index in [0.29, 0.717) is 24.5 Å². The number of likely N-dealkylation sites (tertiary alicyclic amines) is 1. The van der Waals surface area contributed by atoms with Crippen LogP contribution in [0.1, 0.15) is 30.4 Å². The Morgan fingerprint density at radius 1 is 1.26 bits per heavy atom. The molecule has 0 radical (unpaired) electrons. The summed E-state index contributed by atoms with van der Waals surface area (Å²) in [6.45, 7) is 3.96. The van der Waals surface area contributed by atoms with Gasteiger partial charge in [0.2, 0.25) is 5.91 Å². The average molecular weight is 441 g/mol. The van der Waals surface area contributed by atoms with Crippen LogP contribution in [0.15, 0.2) is 47.6 Å². The number of guanidine groups is 1. The average Bonchev–Trinajstić information content (AvgIpc) is 3.41. The lowest BCUT2D eigenvalue weighted by Crippen LogP contribution is -2.44. The molecule has 1 aromatic carbocycles. The van der Waals surface area contributed by atoms with Crippen LogP contribution in [-0.2, 0) is 17.9 Å². The predicted octanol–water partition coefficient (Wildman–Crippen LogP) is 2.80. The summed E-state index contributed by atoms with van der Waals surface area (Å²) in [5.74, 6) is 1.87. The van der Waals surface area contributed by atoms with E-state index in [1.807, 2.05) is 17.0 Å². The van der Waals surface area contributed by atoms with E-state index in [2.05, 4.69) is 49.8 Å². The maximum absolute atomic E-state index is 11.9. The highest BCUT2D eigenvalue weighted by Crippen LogP contribution is 2.25. The van der Waals surface area contributed by atoms with Gasteiger partial charge in [-0.2, -0.15) is 0 Å². The van der Waals surface area contributed by atoms with Crippen LogP contribution in [-0.4, -0.2) is 54.5 Å². The van der Waals surface area contributed by atoms with Gasteiger partial charge in [0.15, 0.2) is 5.96 Å². The summed E-state index contributed by atoms with van der Waals surface area (Å²) in [6.07, 6.45) is 4.41. The number of carbonyl (C=O) groups is 1. The fourth-order valence-electron chi connectivity index (χ4n) is 4.18. The number of benzene rings is 1. The Hall–Kier alpha value is -2.80. The third-order valence-electron chi connectivity index (χ3n) is 5.79. The first-order chi connectivity index (χ1) is 15.1. The van der Waals surface area contributed by atoms with Crippen LogP contribution in [0.4, 0.5) is 5.82 Å². The molecule has 2 aliphatic heterocycles. The highest BCUT2D eigenvalue weighted by atomic mass is 35.5. The number of pyridine rings is 1. The van der Waals surface area contributed by atoms with E-state index in [4.69, 9.17) is 11.6 Å². The zero-order chi connectivity index (χ0) is 21.6. The molecule has 2 N–H and O–H groups in total. The van der Waals surface area contributed by atoms with Crippen molar-refractivity contribution in [3.63, 3.8) is 0 Å². The summed E-state index contributed by atoms with van der Waals surface area (Å²) in [4.78, 5) is 24.8. The van der Waals surface area contributed by atoms with E-state index < -0.39 is 0 Å². The van der Waals surface area contributed by atoms with Gasteiger partial charge in [-0.05, 0) is 36.1 Å². The number of rotatable bonds is 6. The highest BCUT2D eigenvalue weighted by Gasteiger charge is 2.25. The van der Waals surface area contributed by atoms with Gasteiger partial charge in [-0.25, -0.2) is 4.98 Å². The number of aromatic nitrogens is 1. The Balaban J connectivity index is 1.29. The van der Waals surface area contributed by atoms with Crippen molar-refractivity contribution in [2.24, 2.45) is 4.99 Å². The van der Waals surface area contributed by atoms with Gasteiger partial charge in [0.25, 0.3) is 0 Å². The van der Waals surface area contributed by atoms with E-state index in [-0.39, 0.29) is 11.9 Å². The van der Waals surface area contributed by atoms with Crippen molar-refractivity contribution in [3.05, 3.63) is 58.7 Å². The predicted molar refractivity (Wildman–Crippen MR) is 124 cm³/mol. The van der Waals surface area contributed by atoms with E-state index in [9.17, 15) is 4.79 Å². The molecule has 0 aliphatic carbocycles. The molecule has 0 spiro atoms. The molecule has 2 aromatic rings. The first kappa shape index (κ1) is 21.4. The van der Waals surface area contributed by atoms with Crippen LogP contribution in [0.3, 0.4) is 0 Å². The number of hydrogen-bond donors (Lipinski definition) is 2. The molecule has 1 aromatic heterocycles. The monoisotopic (exact) mass is 440 g/mol. The number of anilines is 1. The van der Waals surface area contributed by atoms with Gasteiger partial charge in [0.05, 0.1) is 5.02 Å². The van der Waals surface area contributed by atoms with Crippen LogP contribution >= 0.6 is 11.6 Å². The second-order valence-corrected chi connectivity index (χ2v) is 8.46. The molecule has 2 fully saturated rings. The standard InChI is InChI=1S/C23H29ClN6O/c1-25-23(28-19-9-12-30(16-19)22-20(24)7-3-10-26-22)27-14-17-5-2-6-18(13-17)15-29-11-4-8-21(29)31/h2-3,5-7,10,13,19H,4,8-9,11-12,14-16H2,1H3,(H2,25,27,28). The topological polar surface area (TPSA) is 72.9 Å². The minimum absolute atomic E-state index is 0.255. The quantitative estimate of drug-likeness (QED) is 0.533. The number of aliphatic imine (C=N–C) groups is 1. The fourth-order valence-corrected chi connectivity index (χ4v) is 4.42. The zero-order valence-corrected chi connectivity index (χ0v) is 18.6. The fraction of sp³-hybridized carbons (Fsp3) is 0.435. The molecule has 2 saturated heterocycles. The number of nitrogens with zero attached hydrogens (tertiary/aromatic N) is 4. The van der Waals surface area contributed by atoms with E-state index in [1.54, 1.807) is 13.2 Å². The maximum atomic E-state index is 11.9. The molecule has 164 valence electrons. The van der Waals surface area contributed by atoms with Crippen molar-refractivity contribution >= 4 is 29.3 Å². The van der Waals surface area contributed by atoms with E-state index >= 15 is 0 Å². The van der Waals surface area contributed by atoms with Gasteiger partial charge in [-0.1, -0.05) is 35.9 Å². The van der Waals surface area contributed by atoms with E-state index in [0.717, 1.165) is 49.8 Å². The molecular weight excluding hydrogens is 412 g/mol. The van der Waals surface area contributed by atoms with Gasteiger partial charge < -0.3 is 20.4 Å². The van der Waals surface area contributed by atoms with Crippen molar-refractivity contribution < 1.29 is 4.79 Å². The van der Waals surface area contributed by atoms with Crippen molar-refractivity contribution in [3.8, 4) is 0 Å². The number of amides is 1. The Kier molecular flexibility index (Phi) is 6.92. The maximum Gasteiger partial charge on any atom is 0.222 e. The molecule has 8 heteroatoms. The van der Waals surface area contributed by atoms with Crippen molar-refractivity contribution in [2.75, 3.05) is 31.6 Å². The second-order valence-electron chi connectivity index (χ2n) is 8.05. The van der Waals surface area contributed by atoms with Crippen molar-refractivity contribution in [1.29, 1.82) is 0 Å². The number of nitrogens with one attached hydrogen (secondary N) is 2. The van der Waals surface area contributed by atoms with Gasteiger partial charge in [-0.15, -0.1) is 0 Å². The summed E-state index contributed by atoms with van der Waals surface area (Å²) in [5, 5.41) is 7.60. The molecular formula is C23H29ClN6O.